The van der Waals surface area contributed by atoms with Gasteiger partial charge in [-0.25, -0.2) is 4.99 Å². The summed E-state index contributed by atoms with van der Waals surface area (Å²) in [5.74, 6) is 0.960. The molecule has 112 valence electrons. The van der Waals surface area contributed by atoms with Crippen LogP contribution in [0.25, 0.3) is 5.70 Å². The molecule has 0 amide bonds. The highest BCUT2D eigenvalue weighted by Gasteiger charge is 2.15. The van der Waals surface area contributed by atoms with E-state index >= 15 is 0 Å². The summed E-state index contributed by atoms with van der Waals surface area (Å²) < 4.78 is 0. The van der Waals surface area contributed by atoms with E-state index in [2.05, 4.69) is 43.1 Å². The molecule has 0 saturated carbocycles. The third-order valence-electron chi connectivity index (χ3n) is 3.88. The predicted octanol–water partition coefficient (Wildman–Crippen LogP) is 5.14. The van der Waals surface area contributed by atoms with Gasteiger partial charge < -0.3 is 5.32 Å². The van der Waals surface area contributed by atoms with E-state index in [-0.39, 0.29) is 0 Å². The fraction of sp³-hybridized carbons (Fsp3) is 0.211. The van der Waals surface area contributed by atoms with Gasteiger partial charge in [-0.2, -0.15) is 0 Å². The standard InChI is InChI=1S/C19H19ClN2/c1-3-14-7-9-18-17(12-14)13(2)21-19(22-18)10-8-15-5-4-6-16(20)11-15/h4-7,9,11-12H,2-3,8,10H2,1H3,(H,21,22). The van der Waals surface area contributed by atoms with Crippen LogP contribution in [0.3, 0.4) is 0 Å². The minimum absolute atomic E-state index is 0.776. The Kier molecular flexibility index (Phi) is 4.30. The van der Waals surface area contributed by atoms with E-state index < -0.39 is 0 Å². The molecule has 2 nitrogen and oxygen atoms in total. The molecule has 0 bridgehead atoms. The highest BCUT2D eigenvalue weighted by Crippen LogP contribution is 2.29. The predicted molar refractivity (Wildman–Crippen MR) is 94.9 cm³/mol. The number of hydrogen-bond donors (Lipinski definition) is 1. The number of amidine groups is 1. The van der Waals surface area contributed by atoms with Gasteiger partial charge in [-0.3, -0.25) is 0 Å². The molecule has 0 spiro atoms. The molecule has 0 saturated heterocycles. The molecule has 0 fully saturated rings. The second-order valence-corrected chi connectivity index (χ2v) is 5.93. The van der Waals surface area contributed by atoms with Crippen LogP contribution in [0, 0.1) is 0 Å². The Labute approximate surface area is 136 Å². The van der Waals surface area contributed by atoms with Crippen molar-refractivity contribution in [1.82, 2.24) is 5.32 Å². The summed E-state index contributed by atoms with van der Waals surface area (Å²) in [6, 6.07) is 14.4. The first-order valence-electron chi connectivity index (χ1n) is 7.57. The lowest BCUT2D eigenvalue weighted by Crippen LogP contribution is -2.25. The maximum Gasteiger partial charge on any atom is 0.107 e. The van der Waals surface area contributed by atoms with Gasteiger partial charge in [0.25, 0.3) is 0 Å². The summed E-state index contributed by atoms with van der Waals surface area (Å²) in [5.41, 5.74) is 5.56. The molecule has 1 aliphatic rings. The molecule has 1 heterocycles. The Morgan fingerprint density at radius 1 is 1.09 bits per heavy atom. The molecule has 1 aliphatic heterocycles. The number of rotatable bonds is 4. The molecule has 1 N–H and O–H groups in total. The number of aryl methyl sites for hydroxylation is 2. The summed E-state index contributed by atoms with van der Waals surface area (Å²) in [6.45, 7) is 6.29. The van der Waals surface area contributed by atoms with Gasteiger partial charge in [0, 0.05) is 22.7 Å². The molecule has 3 rings (SSSR count). The zero-order chi connectivity index (χ0) is 15.5. The summed E-state index contributed by atoms with van der Waals surface area (Å²) in [4.78, 5) is 4.72. The summed E-state index contributed by atoms with van der Waals surface area (Å²) >= 11 is 6.03. The normalized spacial score (nSPS) is 13.4. The van der Waals surface area contributed by atoms with Crippen LogP contribution in [0.5, 0.6) is 0 Å². The second-order valence-electron chi connectivity index (χ2n) is 5.50. The van der Waals surface area contributed by atoms with E-state index in [1.165, 1.54) is 11.1 Å². The van der Waals surface area contributed by atoms with Crippen molar-refractivity contribution >= 4 is 28.8 Å². The summed E-state index contributed by atoms with van der Waals surface area (Å²) in [6.07, 6.45) is 2.77. The van der Waals surface area contributed by atoms with Crippen molar-refractivity contribution in [3.8, 4) is 0 Å². The lowest BCUT2D eigenvalue weighted by Gasteiger charge is -2.20. The second kappa shape index (κ2) is 6.37. The number of nitrogens with zero attached hydrogens (tertiary/aromatic N) is 1. The highest BCUT2D eigenvalue weighted by molar-refractivity contribution is 6.30. The number of hydrogen-bond acceptors (Lipinski definition) is 2. The number of fused-ring (bicyclic) bond motifs is 1. The zero-order valence-electron chi connectivity index (χ0n) is 12.7. The smallest absolute Gasteiger partial charge is 0.107 e. The van der Waals surface area contributed by atoms with Gasteiger partial charge in [-0.1, -0.05) is 43.3 Å². The van der Waals surface area contributed by atoms with Crippen LogP contribution in [0.1, 0.15) is 30.0 Å². The van der Waals surface area contributed by atoms with Gasteiger partial charge in [0.1, 0.15) is 5.84 Å². The van der Waals surface area contributed by atoms with Crippen molar-refractivity contribution in [3.63, 3.8) is 0 Å². The van der Waals surface area contributed by atoms with Crippen molar-refractivity contribution in [2.24, 2.45) is 4.99 Å². The zero-order valence-corrected chi connectivity index (χ0v) is 13.5. The van der Waals surface area contributed by atoms with E-state index in [4.69, 9.17) is 16.6 Å². The van der Waals surface area contributed by atoms with Crippen LogP contribution in [0.2, 0.25) is 5.02 Å². The quantitative estimate of drug-likeness (QED) is 0.831. The molecule has 2 aromatic rings. The average molecular weight is 311 g/mol. The van der Waals surface area contributed by atoms with Crippen LogP contribution in [-0.4, -0.2) is 5.84 Å². The van der Waals surface area contributed by atoms with Gasteiger partial charge in [0.15, 0.2) is 0 Å². The molecular formula is C19H19ClN2. The number of nitrogens with one attached hydrogen (secondary N) is 1. The van der Waals surface area contributed by atoms with E-state index in [1.807, 2.05) is 18.2 Å². The van der Waals surface area contributed by atoms with Gasteiger partial charge in [-0.15, -0.1) is 0 Å². The minimum Gasteiger partial charge on any atom is -0.344 e. The Bertz CT molecular complexity index is 747. The topological polar surface area (TPSA) is 24.4 Å². The van der Waals surface area contributed by atoms with Crippen LogP contribution < -0.4 is 5.32 Å². The van der Waals surface area contributed by atoms with E-state index in [0.717, 1.165) is 47.1 Å². The summed E-state index contributed by atoms with van der Waals surface area (Å²) in [7, 11) is 0. The molecule has 0 aromatic heterocycles. The Morgan fingerprint density at radius 3 is 2.73 bits per heavy atom. The largest absolute Gasteiger partial charge is 0.344 e. The maximum atomic E-state index is 6.03. The minimum atomic E-state index is 0.776. The maximum absolute atomic E-state index is 6.03. The first kappa shape index (κ1) is 14.9. The molecule has 0 atom stereocenters. The van der Waals surface area contributed by atoms with Crippen molar-refractivity contribution < 1.29 is 0 Å². The fourth-order valence-electron chi connectivity index (χ4n) is 2.63. The SMILES string of the molecule is C=C1NC(CCc2cccc(Cl)c2)=Nc2ccc(CC)cc21. The van der Waals surface area contributed by atoms with Crippen LogP contribution in [0.4, 0.5) is 5.69 Å². The monoisotopic (exact) mass is 310 g/mol. The average Bonchev–Trinajstić information content (AvgIpc) is 2.53. The number of benzene rings is 2. The first-order valence-corrected chi connectivity index (χ1v) is 7.94. The molecule has 2 aromatic carbocycles. The van der Waals surface area contributed by atoms with Crippen molar-refractivity contribution in [2.45, 2.75) is 26.2 Å². The third-order valence-corrected chi connectivity index (χ3v) is 4.12. The molecular weight excluding hydrogens is 292 g/mol. The van der Waals surface area contributed by atoms with Crippen LogP contribution >= 0.6 is 11.6 Å². The van der Waals surface area contributed by atoms with Gasteiger partial charge in [0.05, 0.1) is 5.69 Å². The van der Waals surface area contributed by atoms with Gasteiger partial charge in [-0.05, 0) is 48.2 Å². The Hall–Kier alpha value is -2.06. The number of halogens is 1. The lowest BCUT2D eigenvalue weighted by atomic mass is 10.0. The van der Waals surface area contributed by atoms with Crippen LogP contribution in [0.15, 0.2) is 54.0 Å². The highest BCUT2D eigenvalue weighted by atomic mass is 35.5. The van der Waals surface area contributed by atoms with Crippen molar-refractivity contribution in [3.05, 3.63) is 70.8 Å². The van der Waals surface area contributed by atoms with E-state index in [1.54, 1.807) is 0 Å². The number of aliphatic imine (C=N–C) groups is 1. The van der Waals surface area contributed by atoms with E-state index in [9.17, 15) is 0 Å². The third kappa shape index (κ3) is 3.23. The lowest BCUT2D eigenvalue weighted by molar-refractivity contribution is 0.991. The molecule has 3 heteroatoms. The molecule has 22 heavy (non-hydrogen) atoms. The molecule has 0 aliphatic carbocycles. The van der Waals surface area contributed by atoms with Crippen molar-refractivity contribution in [2.75, 3.05) is 0 Å². The Balaban J connectivity index is 1.78. The molecule has 0 unspecified atom stereocenters. The van der Waals surface area contributed by atoms with Gasteiger partial charge >= 0.3 is 0 Å². The van der Waals surface area contributed by atoms with Gasteiger partial charge in [0.2, 0.25) is 0 Å². The Morgan fingerprint density at radius 2 is 1.95 bits per heavy atom. The van der Waals surface area contributed by atoms with Crippen molar-refractivity contribution in [1.29, 1.82) is 0 Å². The molecule has 0 radical (unpaired) electrons. The summed E-state index contributed by atoms with van der Waals surface area (Å²) in [5, 5.41) is 4.11. The van der Waals surface area contributed by atoms with Crippen LogP contribution in [-0.2, 0) is 12.8 Å². The fourth-order valence-corrected chi connectivity index (χ4v) is 2.84. The van der Waals surface area contributed by atoms with E-state index in [0.29, 0.717) is 0 Å². The first-order chi connectivity index (χ1) is 10.7.